The molecule has 0 radical (unpaired) electrons. The fourth-order valence-corrected chi connectivity index (χ4v) is 3.62. The molecule has 0 amide bonds. The van der Waals surface area contributed by atoms with Crippen molar-refractivity contribution in [2.75, 3.05) is 5.75 Å². The first-order chi connectivity index (χ1) is 12.0. The minimum absolute atomic E-state index is 0.0928. The maximum Gasteiger partial charge on any atom is 0.256 e. The molecular formula is C19H22N4OS. The maximum absolute atomic E-state index is 12.5. The Labute approximate surface area is 151 Å². The molecule has 3 rings (SSSR count). The largest absolute Gasteiger partial charge is 0.293 e. The normalized spacial score (nSPS) is 12.5. The van der Waals surface area contributed by atoms with Gasteiger partial charge in [-0.25, -0.2) is 4.98 Å². The van der Waals surface area contributed by atoms with Crippen LogP contribution in [0.25, 0.3) is 5.78 Å². The number of Topliss-reactive ketones (excluding diaryl/α,β-unsaturated/α-hetero) is 1. The summed E-state index contributed by atoms with van der Waals surface area (Å²) in [5, 5.41) is 8.97. The number of fused-ring (bicyclic) bond motifs is 1. The summed E-state index contributed by atoms with van der Waals surface area (Å²) in [7, 11) is 0. The lowest BCUT2D eigenvalue weighted by Gasteiger charge is -2.09. The zero-order valence-corrected chi connectivity index (χ0v) is 15.8. The average molecular weight is 354 g/mol. The topological polar surface area (TPSA) is 60.2 Å². The highest BCUT2D eigenvalue weighted by molar-refractivity contribution is 7.99. The van der Waals surface area contributed by atoms with E-state index in [0.29, 0.717) is 22.6 Å². The highest BCUT2D eigenvalue weighted by atomic mass is 32.2. The van der Waals surface area contributed by atoms with Gasteiger partial charge in [0, 0.05) is 17.0 Å². The molecule has 5 nitrogen and oxygen atoms in total. The number of rotatable bonds is 6. The first-order valence-corrected chi connectivity index (χ1v) is 9.43. The van der Waals surface area contributed by atoms with Crippen molar-refractivity contribution >= 4 is 23.3 Å². The van der Waals surface area contributed by atoms with Crippen LogP contribution in [0.15, 0.2) is 35.5 Å². The van der Waals surface area contributed by atoms with Crippen LogP contribution in [-0.4, -0.2) is 31.1 Å². The minimum atomic E-state index is 0.0928. The molecule has 0 saturated heterocycles. The van der Waals surface area contributed by atoms with Gasteiger partial charge in [-0.15, -0.1) is 10.2 Å². The Morgan fingerprint density at radius 2 is 1.92 bits per heavy atom. The van der Waals surface area contributed by atoms with Gasteiger partial charge in [0.05, 0.1) is 5.75 Å². The number of ketones is 1. The molecule has 0 aliphatic carbocycles. The Morgan fingerprint density at radius 3 is 2.60 bits per heavy atom. The highest BCUT2D eigenvalue weighted by Crippen LogP contribution is 2.22. The Bertz CT molecular complexity index is 902. The second-order valence-electron chi connectivity index (χ2n) is 6.30. The van der Waals surface area contributed by atoms with Gasteiger partial charge in [0.2, 0.25) is 0 Å². The van der Waals surface area contributed by atoms with Crippen LogP contribution in [0.2, 0.25) is 0 Å². The molecule has 130 valence electrons. The van der Waals surface area contributed by atoms with Gasteiger partial charge in [-0.2, -0.15) is 0 Å². The summed E-state index contributed by atoms with van der Waals surface area (Å²) < 4.78 is 1.89. The van der Waals surface area contributed by atoms with Crippen LogP contribution in [-0.2, 0) is 0 Å². The number of thioether (sulfide) groups is 1. The fraction of sp³-hybridized carbons (Fsp3) is 0.368. The molecule has 0 bridgehead atoms. The molecule has 25 heavy (non-hydrogen) atoms. The molecule has 1 aromatic carbocycles. The van der Waals surface area contributed by atoms with E-state index < -0.39 is 0 Å². The van der Waals surface area contributed by atoms with Crippen LogP contribution in [0.5, 0.6) is 0 Å². The number of carbonyl (C=O) groups is 1. The van der Waals surface area contributed by atoms with Crippen molar-refractivity contribution in [1.82, 2.24) is 19.6 Å². The van der Waals surface area contributed by atoms with E-state index in [1.165, 1.54) is 17.3 Å². The molecule has 0 N–H and O–H groups in total. The van der Waals surface area contributed by atoms with Crippen LogP contribution in [0.3, 0.4) is 0 Å². The SMILES string of the molecule is CC[C@H](C)c1ccc(C(=O)CSc2nnc3nc(C)cc(C)n23)cc1. The van der Waals surface area contributed by atoms with E-state index in [1.807, 2.05) is 36.4 Å². The van der Waals surface area contributed by atoms with Crippen molar-refractivity contribution in [2.24, 2.45) is 0 Å². The Hall–Kier alpha value is -2.21. The summed E-state index contributed by atoms with van der Waals surface area (Å²) in [6, 6.07) is 9.92. The Morgan fingerprint density at radius 1 is 1.20 bits per heavy atom. The summed E-state index contributed by atoms with van der Waals surface area (Å²) in [6.07, 6.45) is 1.09. The molecule has 6 heteroatoms. The van der Waals surface area contributed by atoms with Crippen molar-refractivity contribution in [3.8, 4) is 0 Å². The number of nitrogens with zero attached hydrogens (tertiary/aromatic N) is 4. The van der Waals surface area contributed by atoms with Crippen molar-refractivity contribution in [3.63, 3.8) is 0 Å². The third-order valence-corrected chi connectivity index (χ3v) is 5.34. The minimum Gasteiger partial charge on any atom is -0.293 e. The summed E-state index contributed by atoms with van der Waals surface area (Å²) in [5.74, 6) is 1.51. The molecule has 2 aromatic heterocycles. The number of aryl methyl sites for hydroxylation is 2. The quantitative estimate of drug-likeness (QED) is 0.490. The standard InChI is InChI=1S/C19H22N4OS/c1-5-12(2)15-6-8-16(9-7-15)17(24)11-25-19-22-21-18-20-13(3)10-14(4)23(18)19/h6-10,12H,5,11H2,1-4H3/t12-/m0/s1. The van der Waals surface area contributed by atoms with Gasteiger partial charge in [0.1, 0.15) is 0 Å². The van der Waals surface area contributed by atoms with E-state index in [9.17, 15) is 4.79 Å². The van der Waals surface area contributed by atoms with Crippen LogP contribution < -0.4 is 0 Å². The average Bonchev–Trinajstić information content (AvgIpc) is 3.02. The maximum atomic E-state index is 12.5. The van der Waals surface area contributed by atoms with Gasteiger partial charge in [-0.3, -0.25) is 9.20 Å². The molecule has 0 fully saturated rings. The lowest BCUT2D eigenvalue weighted by molar-refractivity contribution is 0.102. The summed E-state index contributed by atoms with van der Waals surface area (Å²) in [5.41, 5.74) is 3.93. The van der Waals surface area contributed by atoms with Crippen LogP contribution in [0, 0.1) is 13.8 Å². The van der Waals surface area contributed by atoms with E-state index in [4.69, 9.17) is 0 Å². The first-order valence-electron chi connectivity index (χ1n) is 8.45. The van der Waals surface area contributed by atoms with Crippen molar-refractivity contribution in [3.05, 3.63) is 52.8 Å². The lowest BCUT2D eigenvalue weighted by Crippen LogP contribution is -2.04. The molecule has 0 unspecified atom stereocenters. The predicted molar refractivity (Wildman–Crippen MR) is 100 cm³/mol. The number of benzene rings is 1. The third kappa shape index (κ3) is 3.74. The van der Waals surface area contributed by atoms with Gasteiger partial charge >= 0.3 is 0 Å². The van der Waals surface area contributed by atoms with E-state index in [0.717, 1.165) is 23.4 Å². The predicted octanol–water partition coefficient (Wildman–Crippen LogP) is 4.23. The van der Waals surface area contributed by atoms with Crippen molar-refractivity contribution in [2.45, 2.75) is 45.2 Å². The van der Waals surface area contributed by atoms with Crippen molar-refractivity contribution < 1.29 is 4.79 Å². The van der Waals surface area contributed by atoms with E-state index in [-0.39, 0.29) is 5.78 Å². The zero-order valence-electron chi connectivity index (χ0n) is 15.0. The molecule has 0 spiro atoms. The van der Waals surface area contributed by atoms with Crippen LogP contribution in [0.4, 0.5) is 0 Å². The monoisotopic (exact) mass is 354 g/mol. The molecule has 0 saturated carbocycles. The van der Waals surface area contributed by atoms with Gasteiger partial charge in [-0.05, 0) is 37.8 Å². The van der Waals surface area contributed by atoms with Gasteiger partial charge in [-0.1, -0.05) is 49.9 Å². The van der Waals surface area contributed by atoms with E-state index in [2.05, 4.69) is 41.2 Å². The van der Waals surface area contributed by atoms with Gasteiger partial charge in [0.15, 0.2) is 10.9 Å². The molecule has 2 heterocycles. The summed E-state index contributed by atoms with van der Waals surface area (Å²) in [4.78, 5) is 16.8. The molecule has 3 aromatic rings. The summed E-state index contributed by atoms with van der Waals surface area (Å²) >= 11 is 1.39. The van der Waals surface area contributed by atoms with Crippen LogP contribution >= 0.6 is 11.8 Å². The van der Waals surface area contributed by atoms with Crippen molar-refractivity contribution in [1.29, 1.82) is 0 Å². The second kappa shape index (κ2) is 7.35. The number of hydrogen-bond acceptors (Lipinski definition) is 5. The lowest BCUT2D eigenvalue weighted by atomic mass is 9.97. The Kier molecular flexibility index (Phi) is 5.18. The number of carbonyl (C=O) groups excluding carboxylic acids is 1. The Balaban J connectivity index is 1.72. The fourth-order valence-electron chi connectivity index (χ4n) is 2.74. The van der Waals surface area contributed by atoms with E-state index >= 15 is 0 Å². The third-order valence-electron chi connectivity index (χ3n) is 4.41. The first kappa shape index (κ1) is 17.6. The van der Waals surface area contributed by atoms with Gasteiger partial charge in [0.25, 0.3) is 5.78 Å². The molecule has 0 aliphatic rings. The van der Waals surface area contributed by atoms with Gasteiger partial charge < -0.3 is 0 Å². The molecule has 0 aliphatic heterocycles. The zero-order chi connectivity index (χ0) is 18.0. The molecular weight excluding hydrogens is 332 g/mol. The van der Waals surface area contributed by atoms with Crippen LogP contribution in [0.1, 0.15) is 53.5 Å². The summed E-state index contributed by atoms with van der Waals surface area (Å²) in [6.45, 7) is 8.29. The smallest absolute Gasteiger partial charge is 0.256 e. The number of hydrogen-bond donors (Lipinski definition) is 0. The molecule has 1 atom stereocenters. The van der Waals surface area contributed by atoms with E-state index in [1.54, 1.807) is 0 Å². The number of aromatic nitrogens is 4. The second-order valence-corrected chi connectivity index (χ2v) is 7.24. The highest BCUT2D eigenvalue weighted by Gasteiger charge is 2.13.